The minimum absolute atomic E-state index is 0.730. The molecule has 0 aliphatic heterocycles. The Morgan fingerprint density at radius 3 is 1.60 bits per heavy atom. The van der Waals surface area contributed by atoms with Gasteiger partial charge in [-0.15, -0.1) is 12.6 Å². The summed E-state index contributed by atoms with van der Waals surface area (Å²) in [5.41, 5.74) is -6.35. The van der Waals surface area contributed by atoms with Crippen molar-refractivity contribution in [3.8, 4) is 0 Å². The molecule has 0 amide bonds. The van der Waals surface area contributed by atoms with E-state index in [-0.39, 0.29) is 0 Å². The van der Waals surface area contributed by atoms with Gasteiger partial charge in [-0.25, -0.2) is 0 Å². The first kappa shape index (κ1) is 23.2. The minimum atomic E-state index is -3.19. The molecule has 0 aliphatic rings. The summed E-state index contributed by atoms with van der Waals surface area (Å²) in [6.07, 6.45) is -4.64. The van der Waals surface area contributed by atoms with Crippen LogP contribution in [0, 0.1) is 0 Å². The van der Waals surface area contributed by atoms with Gasteiger partial charge in [0.2, 0.25) is 5.12 Å². The van der Waals surface area contributed by atoms with Crippen LogP contribution >= 0.6 is 12.6 Å². The van der Waals surface area contributed by atoms with Gasteiger partial charge in [0.15, 0.2) is 11.6 Å². The molecule has 0 aromatic carbocycles. The van der Waals surface area contributed by atoms with E-state index < -0.39 is 58.6 Å². The molecule has 0 aromatic heterocycles. The van der Waals surface area contributed by atoms with E-state index in [1.54, 1.807) is 0 Å². The van der Waals surface area contributed by atoms with Crippen molar-refractivity contribution < 1.29 is 48.8 Å². The third-order valence-electron chi connectivity index (χ3n) is 3.41. The second-order valence-electron chi connectivity index (χ2n) is 5.22. The molecule has 0 saturated heterocycles. The Morgan fingerprint density at radius 1 is 0.920 bits per heavy atom. The van der Waals surface area contributed by atoms with Crippen molar-refractivity contribution in [1.29, 1.82) is 0 Å². The van der Waals surface area contributed by atoms with Gasteiger partial charge >= 0.3 is 11.9 Å². The Bertz CT molecular complexity index is 572. The first-order chi connectivity index (χ1) is 11.3. The van der Waals surface area contributed by atoms with E-state index in [1.807, 2.05) is 0 Å². The number of ketones is 2. The maximum atomic E-state index is 12.3. The van der Waals surface area contributed by atoms with Crippen molar-refractivity contribution in [3.63, 3.8) is 0 Å². The molecule has 0 bridgehead atoms. The smallest absolute Gasteiger partial charge is 0.304 e. The summed E-state index contributed by atoms with van der Waals surface area (Å²) in [4.78, 5) is 59.8. The number of thiol groups is 1. The van der Waals surface area contributed by atoms with Crippen LogP contribution in [-0.4, -0.2) is 74.0 Å². The number of hydrogen-bond donors (Lipinski definition) is 4. The van der Waals surface area contributed by atoms with E-state index in [4.69, 9.17) is 14.6 Å². The molecule has 0 rings (SSSR count). The van der Waals surface area contributed by atoms with E-state index >= 15 is 0 Å². The minimum Gasteiger partial charge on any atom is -0.443 e. The van der Waals surface area contributed by atoms with Crippen LogP contribution in [0.4, 0.5) is 0 Å². The number of esters is 2. The first-order valence-corrected chi connectivity index (χ1v) is 7.37. The molecule has 3 N–H and O–H groups in total. The number of carbonyl (C=O) groups is 5. The maximum absolute atomic E-state index is 12.3. The van der Waals surface area contributed by atoms with Crippen molar-refractivity contribution in [1.82, 2.24) is 0 Å². The van der Waals surface area contributed by atoms with Gasteiger partial charge in [0, 0.05) is 13.8 Å². The van der Waals surface area contributed by atoms with Crippen LogP contribution in [0.15, 0.2) is 0 Å². The zero-order valence-electron chi connectivity index (χ0n) is 14.0. The van der Waals surface area contributed by atoms with E-state index in [0.29, 0.717) is 0 Å². The zero-order valence-corrected chi connectivity index (χ0v) is 14.9. The number of hydrogen-bond acceptors (Lipinski definition) is 10. The van der Waals surface area contributed by atoms with Crippen LogP contribution in [0.25, 0.3) is 0 Å². The lowest BCUT2D eigenvalue weighted by Gasteiger charge is -2.46. The predicted octanol–water partition coefficient (Wildman–Crippen LogP) is -2.06. The Balaban J connectivity index is 7.10. The molecule has 0 heterocycles. The Kier molecular flexibility index (Phi) is 7.90. The number of aliphatic hydroxyl groups excluding tert-OH is 3. The van der Waals surface area contributed by atoms with Crippen molar-refractivity contribution in [2.75, 3.05) is 6.61 Å². The summed E-state index contributed by atoms with van der Waals surface area (Å²) in [5.74, 6) is -5.09. The summed E-state index contributed by atoms with van der Waals surface area (Å²) in [6, 6.07) is 0. The van der Waals surface area contributed by atoms with Crippen LogP contribution < -0.4 is 0 Å². The molecular formula is C14H20O10S. The second kappa shape index (κ2) is 8.52. The molecule has 0 fully saturated rings. The van der Waals surface area contributed by atoms with E-state index in [2.05, 4.69) is 12.6 Å². The summed E-state index contributed by atoms with van der Waals surface area (Å²) in [5, 5.41) is 27.6. The monoisotopic (exact) mass is 380 g/mol. The molecule has 4 atom stereocenters. The van der Waals surface area contributed by atoms with Crippen LogP contribution in [0.5, 0.6) is 0 Å². The van der Waals surface area contributed by atoms with Gasteiger partial charge in [0.05, 0.1) is 6.61 Å². The highest BCUT2D eigenvalue weighted by Gasteiger charge is 2.72. The van der Waals surface area contributed by atoms with Crippen LogP contribution in [-0.2, 0) is 33.4 Å². The molecule has 3 unspecified atom stereocenters. The topological polar surface area (TPSA) is 164 Å². The van der Waals surface area contributed by atoms with Crippen molar-refractivity contribution in [2.24, 2.45) is 0 Å². The average Bonchev–Trinajstić information content (AvgIpc) is 2.47. The molecule has 142 valence electrons. The van der Waals surface area contributed by atoms with E-state index in [9.17, 15) is 34.2 Å². The molecule has 0 radical (unpaired) electrons. The molecule has 0 saturated carbocycles. The molecule has 0 aromatic rings. The SMILES string of the molecule is CC(=O)OC(C(C)=O)(C(O)C(O)CO)[C@](OC(C)=O)(C(C)=O)C(=O)S. The van der Waals surface area contributed by atoms with Crippen LogP contribution in [0.3, 0.4) is 0 Å². The Hall–Kier alpha value is -1.82. The van der Waals surface area contributed by atoms with E-state index in [0.717, 1.165) is 27.7 Å². The summed E-state index contributed by atoms with van der Waals surface area (Å²) >= 11 is 3.46. The number of Topliss-reactive ketones (excluding diaryl/α,β-unsaturated/α-hetero) is 2. The van der Waals surface area contributed by atoms with Gasteiger partial charge < -0.3 is 24.8 Å². The second-order valence-corrected chi connectivity index (χ2v) is 5.62. The van der Waals surface area contributed by atoms with Crippen molar-refractivity contribution in [3.05, 3.63) is 0 Å². The summed E-state index contributed by atoms with van der Waals surface area (Å²) < 4.78 is 9.53. The first-order valence-electron chi connectivity index (χ1n) is 6.92. The molecule has 0 aliphatic carbocycles. The molecule has 0 spiro atoms. The van der Waals surface area contributed by atoms with Gasteiger partial charge in [-0.05, 0) is 13.8 Å². The maximum Gasteiger partial charge on any atom is 0.304 e. The largest absolute Gasteiger partial charge is 0.443 e. The standard InChI is InChI=1S/C14H20O10S/c1-6(16)13(23-8(3)18,11(21)10(20)5-15)14(7(2)17,12(22)25)24-9(4)19/h10-11,15,20-21H,5H2,1-4H3,(H,22,25)/t10?,11?,13?,14-/m0/s1. The van der Waals surface area contributed by atoms with Gasteiger partial charge in [0.25, 0.3) is 11.2 Å². The summed E-state index contributed by atoms with van der Waals surface area (Å²) in [7, 11) is 0. The van der Waals surface area contributed by atoms with Crippen molar-refractivity contribution >= 4 is 41.2 Å². The lowest BCUT2D eigenvalue weighted by atomic mass is 9.72. The zero-order chi connectivity index (χ0) is 20.2. The molecule has 10 nitrogen and oxygen atoms in total. The average molecular weight is 380 g/mol. The third kappa shape index (κ3) is 4.06. The summed E-state index contributed by atoms with van der Waals surface area (Å²) in [6.45, 7) is 1.91. The van der Waals surface area contributed by atoms with Crippen LogP contribution in [0.1, 0.15) is 27.7 Å². The molecular weight excluding hydrogens is 360 g/mol. The number of carbonyl (C=O) groups excluding carboxylic acids is 5. The van der Waals surface area contributed by atoms with Gasteiger partial charge in [-0.1, -0.05) is 0 Å². The normalized spacial score (nSPS) is 18.1. The highest BCUT2D eigenvalue weighted by atomic mass is 32.1. The third-order valence-corrected chi connectivity index (χ3v) is 3.73. The number of rotatable bonds is 9. The fourth-order valence-corrected chi connectivity index (χ4v) is 2.81. The highest BCUT2D eigenvalue weighted by molar-refractivity contribution is 7.97. The number of ether oxygens (including phenoxy) is 2. The highest BCUT2D eigenvalue weighted by Crippen LogP contribution is 2.39. The van der Waals surface area contributed by atoms with E-state index in [1.165, 1.54) is 0 Å². The molecule has 11 heteroatoms. The molecule has 25 heavy (non-hydrogen) atoms. The Labute approximate surface area is 148 Å². The van der Waals surface area contributed by atoms with Gasteiger partial charge in [0.1, 0.15) is 12.2 Å². The fourth-order valence-electron chi connectivity index (χ4n) is 2.44. The van der Waals surface area contributed by atoms with Gasteiger partial charge in [-0.2, -0.15) is 0 Å². The lowest BCUT2D eigenvalue weighted by molar-refractivity contribution is -0.234. The Morgan fingerprint density at radius 2 is 1.36 bits per heavy atom. The predicted molar refractivity (Wildman–Crippen MR) is 83.4 cm³/mol. The lowest BCUT2D eigenvalue weighted by Crippen LogP contribution is -2.75. The number of aliphatic hydroxyl groups is 3. The van der Waals surface area contributed by atoms with Crippen molar-refractivity contribution in [2.45, 2.75) is 51.1 Å². The quantitative estimate of drug-likeness (QED) is 0.198. The fraction of sp³-hybridized carbons (Fsp3) is 0.643. The van der Waals surface area contributed by atoms with Crippen LogP contribution in [0.2, 0.25) is 0 Å². The van der Waals surface area contributed by atoms with Gasteiger partial charge in [-0.3, -0.25) is 24.0 Å².